The molecule has 21 heavy (non-hydrogen) atoms. The van der Waals surface area contributed by atoms with Gasteiger partial charge < -0.3 is 5.32 Å². The average molecular weight is 279 g/mol. The lowest BCUT2D eigenvalue weighted by molar-refractivity contribution is -0.116. The molecule has 1 atom stereocenters. The molecule has 2 aromatic heterocycles. The Bertz CT molecular complexity index is 849. The fourth-order valence-electron chi connectivity index (χ4n) is 2.91. The van der Waals surface area contributed by atoms with Gasteiger partial charge >= 0.3 is 0 Å². The summed E-state index contributed by atoms with van der Waals surface area (Å²) in [6.07, 6.45) is 5.57. The number of fused-ring (bicyclic) bond motifs is 2. The summed E-state index contributed by atoms with van der Waals surface area (Å²) in [4.78, 5) is 20.8. The van der Waals surface area contributed by atoms with Crippen LogP contribution in [0.2, 0.25) is 0 Å². The molecule has 0 aliphatic carbocycles. The standard InChI is InChI=1S/C15H13N5O/c1-20-15-11(8-18-20)10(7-13(21)19-15)9-3-2-4-12-14(9)17-6-5-16-12/h2-6,8,10H,7H2,1H3,(H,19,21)/t10-/m0/s1. The number of aryl methyl sites for hydroxylation is 1. The quantitative estimate of drug-likeness (QED) is 0.737. The zero-order chi connectivity index (χ0) is 14.4. The van der Waals surface area contributed by atoms with Crippen LogP contribution < -0.4 is 5.32 Å². The molecule has 1 aliphatic heterocycles. The summed E-state index contributed by atoms with van der Waals surface area (Å²) in [7, 11) is 1.82. The van der Waals surface area contributed by atoms with Crippen LogP contribution in [0.15, 0.2) is 36.8 Å². The largest absolute Gasteiger partial charge is 0.311 e. The fourth-order valence-corrected chi connectivity index (χ4v) is 2.91. The molecule has 1 N–H and O–H groups in total. The number of para-hydroxylation sites is 1. The van der Waals surface area contributed by atoms with Crippen molar-refractivity contribution < 1.29 is 4.79 Å². The van der Waals surface area contributed by atoms with E-state index in [1.165, 1.54) is 0 Å². The Kier molecular flexibility index (Phi) is 2.50. The van der Waals surface area contributed by atoms with Crippen molar-refractivity contribution in [1.82, 2.24) is 19.7 Å². The van der Waals surface area contributed by atoms with E-state index >= 15 is 0 Å². The number of rotatable bonds is 1. The molecule has 3 aromatic rings. The molecule has 3 heterocycles. The summed E-state index contributed by atoms with van der Waals surface area (Å²) < 4.78 is 1.69. The molecule has 104 valence electrons. The van der Waals surface area contributed by atoms with Gasteiger partial charge in [-0.1, -0.05) is 12.1 Å². The normalized spacial score (nSPS) is 17.6. The van der Waals surface area contributed by atoms with Gasteiger partial charge in [-0.05, 0) is 11.6 Å². The Morgan fingerprint density at radius 2 is 2.10 bits per heavy atom. The molecular weight excluding hydrogens is 266 g/mol. The van der Waals surface area contributed by atoms with E-state index in [9.17, 15) is 4.79 Å². The number of carbonyl (C=O) groups is 1. The van der Waals surface area contributed by atoms with E-state index in [-0.39, 0.29) is 11.8 Å². The van der Waals surface area contributed by atoms with E-state index < -0.39 is 0 Å². The molecule has 1 amide bonds. The molecule has 0 spiro atoms. The second kappa shape index (κ2) is 4.37. The van der Waals surface area contributed by atoms with E-state index in [4.69, 9.17) is 0 Å². The Morgan fingerprint density at radius 1 is 1.24 bits per heavy atom. The van der Waals surface area contributed by atoms with Crippen molar-refractivity contribution in [3.8, 4) is 0 Å². The minimum atomic E-state index is -0.0390. The van der Waals surface area contributed by atoms with E-state index in [0.29, 0.717) is 6.42 Å². The van der Waals surface area contributed by atoms with Gasteiger partial charge in [0.15, 0.2) is 0 Å². The van der Waals surface area contributed by atoms with Gasteiger partial charge in [-0.25, -0.2) is 0 Å². The number of aromatic nitrogens is 4. The summed E-state index contributed by atoms with van der Waals surface area (Å²) in [5, 5.41) is 7.14. The highest BCUT2D eigenvalue weighted by atomic mass is 16.1. The highest BCUT2D eigenvalue weighted by Crippen LogP contribution is 2.38. The van der Waals surface area contributed by atoms with Gasteiger partial charge in [0.05, 0.1) is 17.2 Å². The zero-order valence-electron chi connectivity index (χ0n) is 11.4. The van der Waals surface area contributed by atoms with Gasteiger partial charge in [-0.2, -0.15) is 5.10 Å². The van der Waals surface area contributed by atoms with Crippen LogP contribution >= 0.6 is 0 Å². The van der Waals surface area contributed by atoms with Gasteiger partial charge in [0.1, 0.15) is 5.82 Å². The van der Waals surface area contributed by atoms with Crippen LogP contribution in [0, 0.1) is 0 Å². The average Bonchev–Trinajstić information content (AvgIpc) is 2.87. The lowest BCUT2D eigenvalue weighted by Gasteiger charge is -2.23. The maximum absolute atomic E-state index is 12.0. The Balaban J connectivity index is 1.95. The van der Waals surface area contributed by atoms with Crippen molar-refractivity contribution in [2.24, 2.45) is 7.05 Å². The van der Waals surface area contributed by atoms with Crippen LogP contribution in [0.4, 0.5) is 5.82 Å². The zero-order valence-corrected chi connectivity index (χ0v) is 11.4. The van der Waals surface area contributed by atoms with Crippen LogP contribution in [-0.4, -0.2) is 25.7 Å². The number of hydrogen-bond donors (Lipinski definition) is 1. The molecule has 0 unspecified atom stereocenters. The summed E-state index contributed by atoms with van der Waals surface area (Å²) in [5.41, 5.74) is 3.72. The van der Waals surface area contributed by atoms with Gasteiger partial charge in [0.25, 0.3) is 0 Å². The number of benzene rings is 1. The second-order valence-corrected chi connectivity index (χ2v) is 5.15. The molecular formula is C15H13N5O. The number of carbonyl (C=O) groups excluding carboxylic acids is 1. The third-order valence-electron chi connectivity index (χ3n) is 3.90. The minimum absolute atomic E-state index is 0.00278. The lowest BCUT2D eigenvalue weighted by atomic mass is 9.86. The number of anilines is 1. The van der Waals surface area contributed by atoms with Gasteiger partial charge in [-0.3, -0.25) is 19.4 Å². The first kappa shape index (κ1) is 12.0. The highest BCUT2D eigenvalue weighted by Gasteiger charge is 2.30. The third kappa shape index (κ3) is 1.79. The molecule has 1 aromatic carbocycles. The molecule has 1 aliphatic rings. The maximum atomic E-state index is 12.0. The first-order chi connectivity index (χ1) is 10.2. The van der Waals surface area contributed by atoms with E-state index in [1.54, 1.807) is 17.1 Å². The predicted molar refractivity (Wildman–Crippen MR) is 77.8 cm³/mol. The van der Waals surface area contributed by atoms with E-state index in [2.05, 4.69) is 20.4 Å². The Hall–Kier alpha value is -2.76. The molecule has 0 bridgehead atoms. The second-order valence-electron chi connectivity index (χ2n) is 5.15. The van der Waals surface area contributed by atoms with Crippen LogP contribution in [0.3, 0.4) is 0 Å². The fraction of sp³-hybridized carbons (Fsp3) is 0.200. The lowest BCUT2D eigenvalue weighted by Crippen LogP contribution is -2.24. The van der Waals surface area contributed by atoms with Gasteiger partial charge in [-0.15, -0.1) is 0 Å². The first-order valence-corrected chi connectivity index (χ1v) is 6.75. The molecule has 0 radical (unpaired) electrons. The summed E-state index contributed by atoms with van der Waals surface area (Å²) in [6.45, 7) is 0. The number of nitrogens with one attached hydrogen (secondary N) is 1. The summed E-state index contributed by atoms with van der Waals surface area (Å²) in [6, 6.07) is 5.89. The Labute approximate surface area is 120 Å². The van der Waals surface area contributed by atoms with Crippen molar-refractivity contribution in [3.63, 3.8) is 0 Å². The van der Waals surface area contributed by atoms with Crippen molar-refractivity contribution in [1.29, 1.82) is 0 Å². The van der Waals surface area contributed by atoms with Crippen molar-refractivity contribution in [2.45, 2.75) is 12.3 Å². The van der Waals surface area contributed by atoms with Crippen molar-refractivity contribution in [2.75, 3.05) is 5.32 Å². The van der Waals surface area contributed by atoms with Crippen molar-refractivity contribution in [3.05, 3.63) is 47.9 Å². The van der Waals surface area contributed by atoms with Gasteiger partial charge in [0.2, 0.25) is 5.91 Å². The summed E-state index contributed by atoms with van der Waals surface area (Å²) in [5.74, 6) is 0.719. The molecule has 0 fully saturated rings. The topological polar surface area (TPSA) is 72.7 Å². The van der Waals surface area contributed by atoms with Crippen LogP contribution in [0.1, 0.15) is 23.5 Å². The van der Waals surface area contributed by atoms with Crippen LogP contribution in [0.5, 0.6) is 0 Å². The summed E-state index contributed by atoms with van der Waals surface area (Å²) >= 11 is 0. The van der Waals surface area contributed by atoms with Crippen molar-refractivity contribution >= 4 is 22.8 Å². The first-order valence-electron chi connectivity index (χ1n) is 6.75. The smallest absolute Gasteiger partial charge is 0.226 e. The van der Waals surface area contributed by atoms with Crippen LogP contribution in [-0.2, 0) is 11.8 Å². The molecule has 6 heteroatoms. The number of amides is 1. The van der Waals surface area contributed by atoms with E-state index in [1.807, 2.05) is 31.4 Å². The monoisotopic (exact) mass is 279 g/mol. The molecule has 0 saturated carbocycles. The minimum Gasteiger partial charge on any atom is -0.311 e. The Morgan fingerprint density at radius 3 is 3.00 bits per heavy atom. The predicted octanol–water partition coefficient (Wildman–Crippen LogP) is 1.84. The van der Waals surface area contributed by atoms with E-state index in [0.717, 1.165) is 28.0 Å². The maximum Gasteiger partial charge on any atom is 0.226 e. The number of nitrogens with zero attached hydrogens (tertiary/aromatic N) is 4. The molecule has 6 nitrogen and oxygen atoms in total. The molecule has 0 saturated heterocycles. The molecule has 4 rings (SSSR count). The third-order valence-corrected chi connectivity index (χ3v) is 3.90. The van der Waals surface area contributed by atoms with Crippen LogP contribution in [0.25, 0.3) is 11.0 Å². The SMILES string of the molecule is Cn1ncc2c1NC(=O)C[C@H]2c1cccc2nccnc12. The van der Waals surface area contributed by atoms with Gasteiger partial charge in [0, 0.05) is 37.3 Å². The number of hydrogen-bond acceptors (Lipinski definition) is 4. The highest BCUT2D eigenvalue weighted by molar-refractivity contribution is 5.95.